The van der Waals surface area contributed by atoms with E-state index in [9.17, 15) is 4.79 Å². The van der Waals surface area contributed by atoms with Crippen LogP contribution in [0.4, 0.5) is 0 Å². The van der Waals surface area contributed by atoms with E-state index in [4.69, 9.17) is 0 Å². The number of carbonyl (C=O) groups excluding carboxylic acids is 1. The molecule has 1 heteroatoms. The maximum absolute atomic E-state index is 11.7. The minimum absolute atomic E-state index is 0.294. The molecule has 2 aliphatic carbocycles. The van der Waals surface area contributed by atoms with Crippen LogP contribution in [0.15, 0.2) is 24.3 Å². The van der Waals surface area contributed by atoms with E-state index < -0.39 is 0 Å². The molecule has 1 aromatic rings. The molecule has 0 saturated heterocycles. The van der Waals surface area contributed by atoms with Crippen molar-refractivity contribution in [1.29, 1.82) is 0 Å². The molecule has 2 fully saturated rings. The summed E-state index contributed by atoms with van der Waals surface area (Å²) < 4.78 is 0. The molecule has 2 aliphatic rings. The molecular formula is C19H26O. The third-order valence-electron chi connectivity index (χ3n) is 5.71. The smallest absolute Gasteiger partial charge is 0.132 e. The van der Waals surface area contributed by atoms with Crippen molar-refractivity contribution in [1.82, 2.24) is 0 Å². The predicted octanol–water partition coefficient (Wildman–Crippen LogP) is 4.96. The Hall–Kier alpha value is -1.11. The number of Topliss-reactive ketones (excluding diaryl/α,β-unsaturated/α-hetero) is 1. The molecule has 1 nitrogen and oxygen atoms in total. The van der Waals surface area contributed by atoms with Gasteiger partial charge in [0, 0.05) is 12.8 Å². The second-order valence-electron chi connectivity index (χ2n) is 6.90. The van der Waals surface area contributed by atoms with Crippen LogP contribution in [0.25, 0.3) is 0 Å². The van der Waals surface area contributed by atoms with Crippen molar-refractivity contribution in [3.05, 3.63) is 35.4 Å². The molecule has 3 rings (SSSR count). The summed E-state index contributed by atoms with van der Waals surface area (Å²) in [4.78, 5) is 11.7. The van der Waals surface area contributed by atoms with Crippen LogP contribution in [0.2, 0.25) is 0 Å². The fourth-order valence-corrected chi connectivity index (χ4v) is 4.45. The van der Waals surface area contributed by atoms with Crippen molar-refractivity contribution in [3.63, 3.8) is 0 Å². The zero-order valence-corrected chi connectivity index (χ0v) is 12.7. The van der Waals surface area contributed by atoms with E-state index in [0.717, 1.165) is 31.6 Å². The van der Waals surface area contributed by atoms with Gasteiger partial charge in [-0.3, -0.25) is 4.79 Å². The van der Waals surface area contributed by atoms with Gasteiger partial charge in [-0.1, -0.05) is 49.1 Å². The zero-order chi connectivity index (χ0) is 14.0. The quantitative estimate of drug-likeness (QED) is 0.742. The van der Waals surface area contributed by atoms with Crippen LogP contribution in [-0.2, 0) is 10.2 Å². The second kappa shape index (κ2) is 5.71. The standard InChI is InChI=1S/C19H26O/c1-15-7-9-17(10-8-15)19(13-11-18(20)12-14-19)16-5-3-2-4-6-16/h7-10,16H,2-6,11-14H2,1H3. The summed E-state index contributed by atoms with van der Waals surface area (Å²) in [5, 5.41) is 0. The largest absolute Gasteiger partial charge is 0.300 e. The Bertz CT molecular complexity index is 455. The molecule has 0 spiro atoms. The highest BCUT2D eigenvalue weighted by atomic mass is 16.1. The van der Waals surface area contributed by atoms with Crippen LogP contribution >= 0.6 is 0 Å². The number of hydrogen-bond donors (Lipinski definition) is 0. The van der Waals surface area contributed by atoms with E-state index in [-0.39, 0.29) is 0 Å². The highest BCUT2D eigenvalue weighted by Gasteiger charge is 2.42. The van der Waals surface area contributed by atoms with Crippen molar-refractivity contribution >= 4 is 5.78 Å². The maximum Gasteiger partial charge on any atom is 0.132 e. The molecule has 1 aromatic carbocycles. The molecule has 0 radical (unpaired) electrons. The van der Waals surface area contributed by atoms with Crippen LogP contribution in [0.1, 0.15) is 68.9 Å². The minimum Gasteiger partial charge on any atom is -0.300 e. The van der Waals surface area contributed by atoms with Gasteiger partial charge in [0.1, 0.15) is 5.78 Å². The Labute approximate surface area is 122 Å². The van der Waals surface area contributed by atoms with Crippen LogP contribution in [0.5, 0.6) is 0 Å². The first-order chi connectivity index (χ1) is 9.71. The molecule has 20 heavy (non-hydrogen) atoms. The SMILES string of the molecule is Cc1ccc(C2(C3CCCCC3)CCC(=O)CC2)cc1. The van der Waals surface area contributed by atoms with Gasteiger partial charge in [0.15, 0.2) is 0 Å². The summed E-state index contributed by atoms with van der Waals surface area (Å²) in [5.74, 6) is 1.27. The molecule has 2 saturated carbocycles. The third kappa shape index (κ3) is 2.55. The van der Waals surface area contributed by atoms with Crippen molar-refractivity contribution in [2.45, 2.75) is 70.1 Å². The molecule has 0 heterocycles. The average molecular weight is 270 g/mol. The Morgan fingerprint density at radius 3 is 2.15 bits per heavy atom. The first kappa shape index (κ1) is 13.9. The Balaban J connectivity index is 1.93. The summed E-state index contributed by atoms with van der Waals surface area (Å²) in [6.45, 7) is 2.15. The number of aryl methyl sites for hydroxylation is 1. The van der Waals surface area contributed by atoms with Crippen LogP contribution in [0.3, 0.4) is 0 Å². The highest BCUT2D eigenvalue weighted by molar-refractivity contribution is 5.79. The third-order valence-corrected chi connectivity index (χ3v) is 5.71. The predicted molar refractivity (Wildman–Crippen MR) is 82.9 cm³/mol. The summed E-state index contributed by atoms with van der Waals surface area (Å²) in [6.07, 6.45) is 10.6. The monoisotopic (exact) mass is 270 g/mol. The molecule has 0 unspecified atom stereocenters. The van der Waals surface area contributed by atoms with Crippen molar-refractivity contribution in [2.24, 2.45) is 5.92 Å². The van der Waals surface area contributed by atoms with E-state index >= 15 is 0 Å². The van der Waals surface area contributed by atoms with Gasteiger partial charge in [-0.15, -0.1) is 0 Å². The molecule has 108 valence electrons. The highest BCUT2D eigenvalue weighted by Crippen LogP contribution is 2.49. The lowest BCUT2D eigenvalue weighted by Crippen LogP contribution is -2.40. The molecular weight excluding hydrogens is 244 g/mol. The topological polar surface area (TPSA) is 17.1 Å². The number of rotatable bonds is 2. The summed E-state index contributed by atoms with van der Waals surface area (Å²) in [5.41, 5.74) is 3.13. The van der Waals surface area contributed by atoms with Gasteiger partial charge in [0.2, 0.25) is 0 Å². The van der Waals surface area contributed by atoms with Crippen molar-refractivity contribution in [3.8, 4) is 0 Å². The van der Waals surface area contributed by atoms with Gasteiger partial charge >= 0.3 is 0 Å². The van der Waals surface area contributed by atoms with E-state index in [1.807, 2.05) is 0 Å². The summed E-state index contributed by atoms with van der Waals surface area (Å²) in [6, 6.07) is 9.16. The van der Waals surface area contributed by atoms with E-state index in [0.29, 0.717) is 11.2 Å². The number of ketones is 1. The number of hydrogen-bond acceptors (Lipinski definition) is 1. The van der Waals surface area contributed by atoms with Gasteiger partial charge in [0.05, 0.1) is 0 Å². The van der Waals surface area contributed by atoms with E-state index in [1.54, 1.807) is 0 Å². The van der Waals surface area contributed by atoms with Gasteiger partial charge in [-0.2, -0.15) is 0 Å². The molecule has 0 bridgehead atoms. The van der Waals surface area contributed by atoms with Crippen molar-refractivity contribution in [2.75, 3.05) is 0 Å². The van der Waals surface area contributed by atoms with Gasteiger partial charge in [-0.25, -0.2) is 0 Å². The summed E-state index contributed by atoms with van der Waals surface area (Å²) >= 11 is 0. The zero-order valence-electron chi connectivity index (χ0n) is 12.7. The van der Waals surface area contributed by atoms with Gasteiger partial charge < -0.3 is 0 Å². The molecule has 0 amide bonds. The number of carbonyl (C=O) groups is 1. The van der Waals surface area contributed by atoms with E-state index in [1.165, 1.54) is 43.2 Å². The van der Waals surface area contributed by atoms with Crippen LogP contribution < -0.4 is 0 Å². The average Bonchev–Trinajstić information content (AvgIpc) is 2.50. The Morgan fingerprint density at radius 1 is 0.950 bits per heavy atom. The Morgan fingerprint density at radius 2 is 1.55 bits per heavy atom. The fraction of sp³-hybridized carbons (Fsp3) is 0.632. The summed E-state index contributed by atoms with van der Waals surface area (Å²) in [7, 11) is 0. The van der Waals surface area contributed by atoms with Gasteiger partial charge in [-0.05, 0) is 49.5 Å². The van der Waals surface area contributed by atoms with Crippen LogP contribution in [0, 0.1) is 12.8 Å². The van der Waals surface area contributed by atoms with Gasteiger partial charge in [0.25, 0.3) is 0 Å². The number of benzene rings is 1. The maximum atomic E-state index is 11.7. The first-order valence-corrected chi connectivity index (χ1v) is 8.29. The second-order valence-corrected chi connectivity index (χ2v) is 6.90. The fourth-order valence-electron chi connectivity index (χ4n) is 4.45. The molecule has 0 aromatic heterocycles. The Kier molecular flexibility index (Phi) is 3.96. The van der Waals surface area contributed by atoms with E-state index in [2.05, 4.69) is 31.2 Å². The van der Waals surface area contributed by atoms with Crippen LogP contribution in [-0.4, -0.2) is 5.78 Å². The lowest BCUT2D eigenvalue weighted by Gasteiger charge is -2.45. The van der Waals surface area contributed by atoms with Crippen molar-refractivity contribution < 1.29 is 4.79 Å². The first-order valence-electron chi connectivity index (χ1n) is 8.29. The minimum atomic E-state index is 0.294. The molecule has 0 N–H and O–H groups in total. The normalized spacial score (nSPS) is 23.8. The lowest BCUT2D eigenvalue weighted by molar-refractivity contribution is -0.122. The lowest BCUT2D eigenvalue weighted by atomic mass is 9.58. The molecule has 0 aliphatic heterocycles. The molecule has 0 atom stereocenters.